The van der Waals surface area contributed by atoms with Gasteiger partial charge in [0.05, 0.1) is 5.56 Å². The molecule has 0 unspecified atom stereocenters. The van der Waals surface area contributed by atoms with Crippen molar-refractivity contribution >= 4 is 52.1 Å². The van der Waals surface area contributed by atoms with E-state index in [1.54, 1.807) is 39.0 Å². The number of hydrogen-bond donors (Lipinski definition) is 2. The first kappa shape index (κ1) is 17.4. The van der Waals surface area contributed by atoms with Crippen LogP contribution in [-0.4, -0.2) is 49.5 Å². The number of ether oxygens (including phenoxy) is 1. The van der Waals surface area contributed by atoms with Crippen molar-refractivity contribution in [2.75, 3.05) is 4.72 Å². The number of esters is 1. The molecule has 1 aromatic rings. The third kappa shape index (κ3) is 6.39. The third-order valence-electron chi connectivity index (χ3n) is 1.72. The molecule has 1 N–H and O–H groups in total. The van der Waals surface area contributed by atoms with E-state index in [2.05, 4.69) is 4.72 Å². The van der Waals surface area contributed by atoms with Crippen molar-refractivity contribution in [1.29, 1.82) is 0 Å². The minimum absolute atomic E-state index is 0. The summed E-state index contributed by atoms with van der Waals surface area (Å²) < 4.78 is 28.4. The van der Waals surface area contributed by atoms with Crippen molar-refractivity contribution in [3.8, 4) is 0 Å². The number of carbonyl (C=O) groups excluding carboxylic acids is 1. The average Bonchev–Trinajstić information content (AvgIpc) is 2.14. The van der Waals surface area contributed by atoms with E-state index in [0.29, 0.717) is 11.3 Å². The number of hydrogen-bond acceptors (Lipinski definition) is 4. The molecule has 0 aromatic heterocycles. The second kappa shape index (κ2) is 7.13. The molecule has 95 valence electrons. The molecule has 1 aromatic carbocycles. The monoisotopic (exact) mass is 280 g/mol. The van der Waals surface area contributed by atoms with Crippen LogP contribution in [0, 0.1) is 0 Å². The largest absolute Gasteiger partial charge is 0.456 e. The minimum atomic E-state index is -2.74. The molecule has 0 amide bonds. The van der Waals surface area contributed by atoms with E-state index in [1.165, 1.54) is 6.07 Å². The summed E-state index contributed by atoms with van der Waals surface area (Å²) in [5, 5.41) is 0. The van der Waals surface area contributed by atoms with Crippen LogP contribution in [-0.2, 0) is 15.6 Å². The molecular formula is C11H15NNaO4S. The smallest absolute Gasteiger partial charge is 0.338 e. The van der Waals surface area contributed by atoms with Crippen molar-refractivity contribution in [2.24, 2.45) is 0 Å². The van der Waals surface area contributed by atoms with Gasteiger partial charge in [0.1, 0.15) is 5.60 Å². The summed E-state index contributed by atoms with van der Waals surface area (Å²) in [6, 6.07) is 6.13. The Bertz CT molecular complexity index is 486. The fourth-order valence-corrected chi connectivity index (χ4v) is 1.51. The Labute approximate surface area is 130 Å². The Morgan fingerprint density at radius 3 is 2.39 bits per heavy atom. The summed E-state index contributed by atoms with van der Waals surface area (Å²) in [6.45, 7) is 5.30. The van der Waals surface area contributed by atoms with Gasteiger partial charge in [-0.15, -0.1) is 0 Å². The van der Waals surface area contributed by atoms with Crippen LogP contribution >= 0.6 is 0 Å². The maximum absolute atomic E-state index is 11.7. The molecule has 0 heterocycles. The molecule has 0 aliphatic rings. The van der Waals surface area contributed by atoms with Crippen molar-refractivity contribution in [3.05, 3.63) is 29.8 Å². The van der Waals surface area contributed by atoms with Crippen LogP contribution in [0.25, 0.3) is 0 Å². The van der Waals surface area contributed by atoms with E-state index >= 15 is 0 Å². The Balaban J connectivity index is 0.00000289. The molecule has 0 bridgehead atoms. The standard InChI is InChI=1S/C11H15NO4S.Na/c1-11(2,3)16-10(13)8-5-4-6-9(7-8)12-17(14)15;/h4-7,17H,1-3H3,(H,12,14,15);. The predicted molar refractivity (Wildman–Crippen MR) is 71.3 cm³/mol. The first-order valence-corrected chi connectivity index (χ1v) is 6.20. The first-order valence-electron chi connectivity index (χ1n) is 5.02. The molecule has 7 heteroatoms. The Morgan fingerprint density at radius 2 is 1.89 bits per heavy atom. The van der Waals surface area contributed by atoms with Gasteiger partial charge >= 0.3 is 5.97 Å². The van der Waals surface area contributed by atoms with E-state index in [1.807, 2.05) is 0 Å². The number of anilines is 1. The fraction of sp³-hybridized carbons (Fsp3) is 0.364. The van der Waals surface area contributed by atoms with E-state index in [-0.39, 0.29) is 29.6 Å². The number of carbonyl (C=O) groups is 1. The van der Waals surface area contributed by atoms with Crippen LogP contribution in [0.1, 0.15) is 31.1 Å². The number of rotatable bonds is 3. The summed E-state index contributed by atoms with van der Waals surface area (Å²) in [4.78, 5) is 11.7. The Morgan fingerprint density at radius 1 is 1.28 bits per heavy atom. The van der Waals surface area contributed by atoms with Crippen LogP contribution < -0.4 is 4.72 Å². The zero-order chi connectivity index (χ0) is 13.1. The van der Waals surface area contributed by atoms with E-state index in [9.17, 15) is 13.2 Å². The molecule has 0 aliphatic heterocycles. The van der Waals surface area contributed by atoms with E-state index < -0.39 is 22.5 Å². The topological polar surface area (TPSA) is 72.5 Å². The first-order chi connectivity index (χ1) is 7.78. The van der Waals surface area contributed by atoms with Crippen LogP contribution in [0.5, 0.6) is 0 Å². The summed E-state index contributed by atoms with van der Waals surface area (Å²) in [7, 11) is -2.74. The van der Waals surface area contributed by atoms with Gasteiger partial charge in [0.25, 0.3) is 0 Å². The van der Waals surface area contributed by atoms with Crippen molar-refractivity contribution in [2.45, 2.75) is 26.4 Å². The molecule has 5 nitrogen and oxygen atoms in total. The molecule has 1 radical (unpaired) electrons. The maximum atomic E-state index is 11.7. The summed E-state index contributed by atoms with van der Waals surface area (Å²) in [5.41, 5.74) is 0.0655. The second-order valence-electron chi connectivity index (χ2n) is 4.45. The number of benzene rings is 1. The summed E-state index contributed by atoms with van der Waals surface area (Å²) in [6.07, 6.45) is 0. The summed E-state index contributed by atoms with van der Waals surface area (Å²) >= 11 is 0. The molecule has 0 saturated heterocycles. The van der Waals surface area contributed by atoms with Crippen LogP contribution in [0.4, 0.5) is 5.69 Å². The third-order valence-corrected chi connectivity index (χ3v) is 2.16. The van der Waals surface area contributed by atoms with Crippen molar-refractivity contribution in [3.63, 3.8) is 0 Å². The molecule has 0 saturated carbocycles. The zero-order valence-electron chi connectivity index (χ0n) is 10.9. The van der Waals surface area contributed by atoms with Crippen LogP contribution in [0.2, 0.25) is 0 Å². The predicted octanol–water partition coefficient (Wildman–Crippen LogP) is 1.20. The molecule has 1 rings (SSSR count). The fourth-order valence-electron chi connectivity index (χ4n) is 1.16. The van der Waals surface area contributed by atoms with Gasteiger partial charge in [0.15, 0.2) is 0 Å². The maximum Gasteiger partial charge on any atom is 0.338 e. The van der Waals surface area contributed by atoms with E-state index in [4.69, 9.17) is 4.74 Å². The molecule has 0 aliphatic carbocycles. The number of thiol groups is 1. The summed E-state index contributed by atoms with van der Waals surface area (Å²) in [5.74, 6) is -0.484. The Kier molecular flexibility index (Phi) is 6.91. The molecular weight excluding hydrogens is 265 g/mol. The Hall–Kier alpha value is -0.560. The van der Waals surface area contributed by atoms with Crippen LogP contribution in [0.3, 0.4) is 0 Å². The molecule has 0 atom stereocenters. The van der Waals surface area contributed by atoms with Gasteiger partial charge in [0, 0.05) is 35.2 Å². The van der Waals surface area contributed by atoms with Crippen LogP contribution in [0.15, 0.2) is 24.3 Å². The normalized spacial score (nSPS) is 10.7. The van der Waals surface area contributed by atoms with Gasteiger partial charge in [-0.3, -0.25) is 4.72 Å². The molecule has 18 heavy (non-hydrogen) atoms. The minimum Gasteiger partial charge on any atom is -0.456 e. The van der Waals surface area contributed by atoms with Gasteiger partial charge in [-0.25, -0.2) is 13.2 Å². The van der Waals surface area contributed by atoms with Gasteiger partial charge in [0.2, 0.25) is 10.9 Å². The van der Waals surface area contributed by atoms with Crippen molar-refractivity contribution < 1.29 is 17.9 Å². The van der Waals surface area contributed by atoms with Crippen molar-refractivity contribution in [1.82, 2.24) is 0 Å². The van der Waals surface area contributed by atoms with E-state index in [0.717, 1.165) is 0 Å². The van der Waals surface area contributed by atoms with Gasteiger partial charge in [-0.1, -0.05) is 6.07 Å². The van der Waals surface area contributed by atoms with Gasteiger partial charge in [-0.05, 0) is 39.0 Å². The SMILES string of the molecule is CC(C)(C)OC(=O)c1cccc(N[SH](=O)=O)c1.[Na]. The van der Waals surface area contributed by atoms with Gasteiger partial charge < -0.3 is 4.74 Å². The quantitative estimate of drug-likeness (QED) is 0.496. The average molecular weight is 280 g/mol. The molecule has 0 fully saturated rings. The zero-order valence-corrected chi connectivity index (χ0v) is 13.8. The van der Waals surface area contributed by atoms with Gasteiger partial charge in [-0.2, -0.15) is 0 Å². The second-order valence-corrected chi connectivity index (χ2v) is 5.19. The molecule has 0 spiro atoms. The number of nitrogens with one attached hydrogen (secondary N) is 1.